The molecule has 3 heteroatoms. The summed E-state index contributed by atoms with van der Waals surface area (Å²) < 4.78 is 28.5. The highest BCUT2D eigenvalue weighted by Crippen LogP contribution is 2.57. The lowest BCUT2D eigenvalue weighted by molar-refractivity contribution is 0.0824. The van der Waals surface area contributed by atoms with Gasteiger partial charge in [0.1, 0.15) is 12.3 Å². The molecule has 2 saturated carbocycles. The summed E-state index contributed by atoms with van der Waals surface area (Å²) in [7, 11) is 0. The van der Waals surface area contributed by atoms with Crippen LogP contribution in [0, 0.1) is 23.7 Å². The number of alkyl halides is 2. The van der Waals surface area contributed by atoms with E-state index >= 15 is 0 Å². The molecule has 1 heterocycles. The second-order valence-corrected chi connectivity index (χ2v) is 7.75. The molecule has 3 fully saturated rings. The molecule has 0 aromatic heterocycles. The first-order chi connectivity index (χ1) is 8.09. The summed E-state index contributed by atoms with van der Waals surface area (Å²) in [6, 6.07) is 0. The van der Waals surface area contributed by atoms with Crippen molar-refractivity contribution in [1.82, 2.24) is 0 Å². The molecule has 0 N–H and O–H groups in total. The van der Waals surface area contributed by atoms with Gasteiger partial charge in [0, 0.05) is 10.5 Å². The van der Waals surface area contributed by atoms with Crippen molar-refractivity contribution in [3.05, 3.63) is 0 Å². The molecule has 2 aliphatic carbocycles. The lowest BCUT2D eigenvalue weighted by Crippen LogP contribution is -2.40. The Kier molecular flexibility index (Phi) is 3.17. The van der Waals surface area contributed by atoms with Crippen LogP contribution in [0.5, 0.6) is 0 Å². The molecule has 0 radical (unpaired) electrons. The smallest absolute Gasteiger partial charge is 0.115 e. The fourth-order valence-corrected chi connectivity index (χ4v) is 6.41. The van der Waals surface area contributed by atoms with E-state index in [0.717, 1.165) is 25.7 Å². The SMILES string of the molecule is CC1CCC2C3CCC(C)C(F)C3SC2C1F. The molecule has 1 saturated heterocycles. The highest BCUT2D eigenvalue weighted by atomic mass is 32.2. The average Bonchev–Trinajstić information content (AvgIpc) is 2.69. The third-order valence-corrected chi connectivity index (χ3v) is 7.18. The van der Waals surface area contributed by atoms with Crippen LogP contribution in [0.2, 0.25) is 0 Å². The molecule has 1 aliphatic heterocycles. The first-order valence-electron chi connectivity index (χ1n) is 7.03. The van der Waals surface area contributed by atoms with Gasteiger partial charge in [0.15, 0.2) is 0 Å². The number of hydrogen-bond donors (Lipinski definition) is 0. The molecule has 0 aromatic rings. The van der Waals surface area contributed by atoms with E-state index in [-0.39, 0.29) is 22.3 Å². The molecule has 8 atom stereocenters. The van der Waals surface area contributed by atoms with Gasteiger partial charge < -0.3 is 0 Å². The lowest BCUT2D eigenvalue weighted by atomic mass is 9.68. The molecule has 0 bridgehead atoms. The summed E-state index contributed by atoms with van der Waals surface area (Å²) in [6.07, 6.45) is 2.85. The molecule has 0 spiro atoms. The Morgan fingerprint density at radius 1 is 0.765 bits per heavy atom. The van der Waals surface area contributed by atoms with Crippen LogP contribution in [-0.4, -0.2) is 22.8 Å². The van der Waals surface area contributed by atoms with Crippen molar-refractivity contribution in [2.24, 2.45) is 23.7 Å². The van der Waals surface area contributed by atoms with Crippen molar-refractivity contribution in [2.45, 2.75) is 62.4 Å². The Morgan fingerprint density at radius 3 is 1.59 bits per heavy atom. The first-order valence-corrected chi connectivity index (χ1v) is 7.97. The van der Waals surface area contributed by atoms with Crippen molar-refractivity contribution < 1.29 is 8.78 Å². The van der Waals surface area contributed by atoms with Gasteiger partial charge in [0.2, 0.25) is 0 Å². The number of fused-ring (bicyclic) bond motifs is 3. The van der Waals surface area contributed by atoms with Crippen LogP contribution in [0.15, 0.2) is 0 Å². The molecule has 0 amide bonds. The number of thioether (sulfide) groups is 1. The van der Waals surface area contributed by atoms with E-state index in [1.54, 1.807) is 11.8 Å². The van der Waals surface area contributed by atoms with Gasteiger partial charge in [-0.25, -0.2) is 8.78 Å². The van der Waals surface area contributed by atoms with E-state index in [1.807, 2.05) is 13.8 Å². The van der Waals surface area contributed by atoms with Gasteiger partial charge in [-0.2, -0.15) is 0 Å². The molecule has 0 nitrogen and oxygen atoms in total. The minimum atomic E-state index is -0.702. The minimum Gasteiger partial charge on any atom is -0.246 e. The molecule has 3 aliphatic rings. The zero-order chi connectivity index (χ0) is 12.2. The van der Waals surface area contributed by atoms with Crippen LogP contribution in [0.25, 0.3) is 0 Å². The number of hydrogen-bond acceptors (Lipinski definition) is 1. The molecule has 3 rings (SSSR count). The summed E-state index contributed by atoms with van der Waals surface area (Å²) in [4.78, 5) is 0. The van der Waals surface area contributed by atoms with Crippen molar-refractivity contribution in [3.63, 3.8) is 0 Å². The van der Waals surface area contributed by atoms with Gasteiger partial charge in [0.25, 0.3) is 0 Å². The third kappa shape index (κ3) is 1.84. The Bertz CT molecular complexity index is 264. The fraction of sp³-hybridized carbons (Fsp3) is 1.00. The fourth-order valence-electron chi connectivity index (χ4n) is 4.13. The van der Waals surface area contributed by atoms with Crippen LogP contribution < -0.4 is 0 Å². The monoisotopic (exact) mass is 260 g/mol. The predicted molar refractivity (Wildman–Crippen MR) is 68.7 cm³/mol. The Morgan fingerprint density at radius 2 is 1.18 bits per heavy atom. The van der Waals surface area contributed by atoms with E-state index in [2.05, 4.69) is 0 Å². The van der Waals surface area contributed by atoms with Gasteiger partial charge in [-0.1, -0.05) is 13.8 Å². The van der Waals surface area contributed by atoms with E-state index < -0.39 is 12.3 Å². The van der Waals surface area contributed by atoms with Gasteiger partial charge in [-0.3, -0.25) is 0 Å². The average molecular weight is 260 g/mol. The van der Waals surface area contributed by atoms with E-state index in [1.165, 1.54) is 0 Å². The van der Waals surface area contributed by atoms with Gasteiger partial charge in [-0.05, 0) is 49.4 Å². The number of rotatable bonds is 0. The van der Waals surface area contributed by atoms with Gasteiger partial charge in [0.05, 0.1) is 0 Å². The number of halogens is 2. The van der Waals surface area contributed by atoms with Crippen LogP contribution in [0.1, 0.15) is 39.5 Å². The summed E-state index contributed by atoms with van der Waals surface area (Å²) in [5.74, 6) is 1.28. The second-order valence-electron chi connectivity index (χ2n) is 6.39. The zero-order valence-corrected chi connectivity index (χ0v) is 11.4. The van der Waals surface area contributed by atoms with Crippen molar-refractivity contribution in [2.75, 3.05) is 0 Å². The topological polar surface area (TPSA) is 0 Å². The largest absolute Gasteiger partial charge is 0.246 e. The molecule has 98 valence electrons. The quantitative estimate of drug-likeness (QED) is 0.628. The maximum atomic E-state index is 14.3. The maximum Gasteiger partial charge on any atom is 0.115 e. The molecule has 0 aromatic carbocycles. The van der Waals surface area contributed by atoms with Gasteiger partial charge >= 0.3 is 0 Å². The van der Waals surface area contributed by atoms with Crippen LogP contribution in [-0.2, 0) is 0 Å². The van der Waals surface area contributed by atoms with E-state index in [9.17, 15) is 8.78 Å². The van der Waals surface area contributed by atoms with Crippen LogP contribution in [0.3, 0.4) is 0 Å². The minimum absolute atomic E-state index is 0.0947. The highest BCUT2D eigenvalue weighted by molar-refractivity contribution is 8.00. The Balaban J connectivity index is 1.81. The summed E-state index contributed by atoms with van der Waals surface area (Å²) >= 11 is 1.65. The summed E-state index contributed by atoms with van der Waals surface area (Å²) in [5.41, 5.74) is 0. The Hall–Kier alpha value is 0.210. The standard InChI is InChI=1S/C14H22F2S/c1-7-3-5-9-10-6-4-8(2)12(16)14(10)17-13(9)11(7)15/h7-14H,3-6H2,1-2H3. The highest BCUT2D eigenvalue weighted by Gasteiger charge is 2.54. The molecule has 8 unspecified atom stereocenters. The molecular formula is C14H22F2S. The first kappa shape index (κ1) is 12.3. The van der Waals surface area contributed by atoms with Crippen molar-refractivity contribution in [3.8, 4) is 0 Å². The predicted octanol–water partition coefficient (Wildman–Crippen LogP) is 4.24. The summed E-state index contributed by atoms with van der Waals surface area (Å²) in [5, 5.41) is 0.189. The van der Waals surface area contributed by atoms with Crippen molar-refractivity contribution in [1.29, 1.82) is 0 Å². The van der Waals surface area contributed by atoms with Crippen LogP contribution >= 0.6 is 11.8 Å². The Labute approximate surface area is 107 Å². The van der Waals surface area contributed by atoms with Crippen LogP contribution in [0.4, 0.5) is 8.78 Å². The van der Waals surface area contributed by atoms with Crippen molar-refractivity contribution >= 4 is 11.8 Å². The second kappa shape index (κ2) is 4.40. The van der Waals surface area contributed by atoms with Gasteiger partial charge in [-0.15, -0.1) is 11.8 Å². The molecular weight excluding hydrogens is 238 g/mol. The van der Waals surface area contributed by atoms with E-state index in [0.29, 0.717) is 11.8 Å². The van der Waals surface area contributed by atoms with E-state index in [4.69, 9.17) is 0 Å². The zero-order valence-electron chi connectivity index (χ0n) is 10.6. The maximum absolute atomic E-state index is 14.3. The normalized spacial score (nSPS) is 58.6. The third-order valence-electron chi connectivity index (χ3n) is 5.33. The molecule has 17 heavy (non-hydrogen) atoms. The lowest BCUT2D eigenvalue weighted by Gasteiger charge is -2.37. The summed E-state index contributed by atoms with van der Waals surface area (Å²) in [6.45, 7) is 4.03.